The van der Waals surface area contributed by atoms with Crippen molar-refractivity contribution >= 4 is 33.3 Å². The SMILES string of the molecule is Cn1ccc(S(=O)(=O)Nc2cc(Cl)cc(C(=O)O)c2)c1. The number of hydrogen-bond acceptors (Lipinski definition) is 3. The topological polar surface area (TPSA) is 88.4 Å². The number of carboxylic acids is 1. The molecule has 0 amide bonds. The molecule has 1 heterocycles. The van der Waals surface area contributed by atoms with Crippen LogP contribution in [0.15, 0.2) is 41.6 Å². The van der Waals surface area contributed by atoms with Crippen molar-refractivity contribution in [1.29, 1.82) is 0 Å². The van der Waals surface area contributed by atoms with Gasteiger partial charge in [-0.1, -0.05) is 11.6 Å². The quantitative estimate of drug-likeness (QED) is 0.905. The molecule has 20 heavy (non-hydrogen) atoms. The second-order valence-corrected chi connectivity index (χ2v) is 6.27. The number of aryl methyl sites for hydroxylation is 1. The molecule has 2 N–H and O–H groups in total. The highest BCUT2D eigenvalue weighted by Gasteiger charge is 2.16. The number of hydrogen-bond donors (Lipinski definition) is 2. The molecular weight excluding hydrogens is 304 g/mol. The zero-order chi connectivity index (χ0) is 14.9. The van der Waals surface area contributed by atoms with Gasteiger partial charge in [0.15, 0.2) is 0 Å². The van der Waals surface area contributed by atoms with Gasteiger partial charge >= 0.3 is 5.97 Å². The molecule has 0 aliphatic rings. The fourth-order valence-corrected chi connectivity index (χ4v) is 2.95. The van der Waals surface area contributed by atoms with Crippen molar-refractivity contribution in [3.63, 3.8) is 0 Å². The molecule has 0 unspecified atom stereocenters. The number of carbonyl (C=O) groups is 1. The lowest BCUT2D eigenvalue weighted by atomic mass is 10.2. The predicted octanol–water partition coefficient (Wildman–Crippen LogP) is 2.18. The highest BCUT2D eigenvalue weighted by Crippen LogP contribution is 2.22. The third-order valence-corrected chi connectivity index (χ3v) is 4.10. The first-order valence-corrected chi connectivity index (χ1v) is 7.33. The second kappa shape index (κ2) is 5.18. The Morgan fingerprint density at radius 3 is 2.60 bits per heavy atom. The van der Waals surface area contributed by atoms with E-state index in [0.29, 0.717) is 0 Å². The average Bonchev–Trinajstić information content (AvgIpc) is 2.75. The number of anilines is 1. The second-order valence-electron chi connectivity index (χ2n) is 4.15. The molecule has 0 fully saturated rings. The van der Waals surface area contributed by atoms with Gasteiger partial charge in [-0.3, -0.25) is 4.72 Å². The number of nitrogens with one attached hydrogen (secondary N) is 1. The van der Waals surface area contributed by atoms with Crippen LogP contribution in [0.25, 0.3) is 0 Å². The minimum Gasteiger partial charge on any atom is -0.478 e. The van der Waals surface area contributed by atoms with Gasteiger partial charge in [0.2, 0.25) is 0 Å². The van der Waals surface area contributed by atoms with E-state index in [9.17, 15) is 13.2 Å². The third kappa shape index (κ3) is 3.12. The Kier molecular flexibility index (Phi) is 3.74. The smallest absolute Gasteiger partial charge is 0.335 e. The molecule has 8 heteroatoms. The molecule has 0 bridgehead atoms. The monoisotopic (exact) mass is 314 g/mol. The average molecular weight is 315 g/mol. The summed E-state index contributed by atoms with van der Waals surface area (Å²) in [5.74, 6) is -1.19. The normalized spacial score (nSPS) is 11.3. The molecule has 0 radical (unpaired) electrons. The van der Waals surface area contributed by atoms with E-state index in [4.69, 9.17) is 16.7 Å². The first kappa shape index (κ1) is 14.4. The Bertz CT molecular complexity index is 768. The standard InChI is InChI=1S/C12H11ClN2O4S/c1-15-3-2-11(7-15)20(18,19)14-10-5-8(12(16)17)4-9(13)6-10/h2-7,14H,1H3,(H,16,17). The van der Waals surface area contributed by atoms with Crippen molar-refractivity contribution in [2.24, 2.45) is 7.05 Å². The van der Waals surface area contributed by atoms with Crippen LogP contribution in [-0.2, 0) is 17.1 Å². The number of benzene rings is 1. The molecule has 0 atom stereocenters. The summed E-state index contributed by atoms with van der Waals surface area (Å²) < 4.78 is 28.1. The highest BCUT2D eigenvalue weighted by atomic mass is 35.5. The van der Waals surface area contributed by atoms with Crippen LogP contribution in [0.3, 0.4) is 0 Å². The van der Waals surface area contributed by atoms with Crippen molar-refractivity contribution in [2.75, 3.05) is 4.72 Å². The molecule has 0 aliphatic carbocycles. The van der Waals surface area contributed by atoms with E-state index in [-0.39, 0.29) is 21.2 Å². The van der Waals surface area contributed by atoms with E-state index in [1.165, 1.54) is 30.5 Å². The van der Waals surface area contributed by atoms with Crippen molar-refractivity contribution in [3.05, 3.63) is 47.2 Å². The molecule has 0 saturated heterocycles. The molecule has 6 nitrogen and oxygen atoms in total. The maximum Gasteiger partial charge on any atom is 0.335 e. The fraction of sp³-hybridized carbons (Fsp3) is 0.0833. The Morgan fingerprint density at radius 1 is 1.35 bits per heavy atom. The lowest BCUT2D eigenvalue weighted by molar-refractivity contribution is 0.0697. The number of carboxylic acid groups (broad SMARTS) is 1. The third-order valence-electron chi connectivity index (χ3n) is 2.51. The van der Waals surface area contributed by atoms with Gasteiger partial charge in [0, 0.05) is 24.5 Å². The van der Waals surface area contributed by atoms with E-state index in [1.54, 1.807) is 17.8 Å². The number of aromatic carboxylic acids is 1. The van der Waals surface area contributed by atoms with Crippen LogP contribution in [-0.4, -0.2) is 24.1 Å². The fourth-order valence-electron chi connectivity index (χ4n) is 1.62. The summed E-state index contributed by atoms with van der Waals surface area (Å²) in [5, 5.41) is 9.05. The molecule has 1 aromatic carbocycles. The van der Waals surface area contributed by atoms with Crippen molar-refractivity contribution in [1.82, 2.24) is 4.57 Å². The Hall–Kier alpha value is -1.99. The lowest BCUT2D eigenvalue weighted by Crippen LogP contribution is -2.13. The number of aromatic nitrogens is 1. The zero-order valence-corrected chi connectivity index (χ0v) is 11.9. The number of nitrogens with zero attached hydrogens (tertiary/aromatic N) is 1. The Balaban J connectivity index is 2.37. The Morgan fingerprint density at radius 2 is 2.05 bits per heavy atom. The van der Waals surface area contributed by atoms with Gasteiger partial charge in [-0.05, 0) is 24.3 Å². The maximum absolute atomic E-state index is 12.1. The molecular formula is C12H11ClN2O4S. The van der Waals surface area contributed by atoms with Crippen LogP contribution >= 0.6 is 11.6 Å². The van der Waals surface area contributed by atoms with Gasteiger partial charge in [-0.25, -0.2) is 13.2 Å². The first-order valence-electron chi connectivity index (χ1n) is 5.46. The molecule has 2 rings (SSSR count). The highest BCUT2D eigenvalue weighted by molar-refractivity contribution is 7.92. The van der Waals surface area contributed by atoms with E-state index in [0.717, 1.165) is 0 Å². The van der Waals surface area contributed by atoms with E-state index in [1.807, 2.05) is 0 Å². The van der Waals surface area contributed by atoms with Gasteiger partial charge in [0.25, 0.3) is 10.0 Å². The molecule has 2 aromatic rings. The van der Waals surface area contributed by atoms with Crippen molar-refractivity contribution < 1.29 is 18.3 Å². The summed E-state index contributed by atoms with van der Waals surface area (Å²) in [6.07, 6.45) is 3.03. The van der Waals surface area contributed by atoms with Crippen LogP contribution in [0.4, 0.5) is 5.69 Å². The molecule has 0 aliphatic heterocycles. The van der Waals surface area contributed by atoms with Gasteiger partial charge in [0.1, 0.15) is 4.90 Å². The summed E-state index contributed by atoms with van der Waals surface area (Å²) in [6, 6.07) is 5.22. The van der Waals surface area contributed by atoms with E-state index >= 15 is 0 Å². The summed E-state index contributed by atoms with van der Waals surface area (Å²) in [7, 11) is -2.08. The number of halogens is 1. The van der Waals surface area contributed by atoms with Crippen LogP contribution < -0.4 is 4.72 Å². The van der Waals surface area contributed by atoms with Crippen LogP contribution in [0.5, 0.6) is 0 Å². The molecule has 1 aromatic heterocycles. The number of sulfonamides is 1. The van der Waals surface area contributed by atoms with Crippen LogP contribution in [0, 0.1) is 0 Å². The lowest BCUT2D eigenvalue weighted by Gasteiger charge is -2.08. The van der Waals surface area contributed by atoms with Crippen molar-refractivity contribution in [2.45, 2.75) is 4.90 Å². The maximum atomic E-state index is 12.1. The summed E-state index contributed by atoms with van der Waals surface area (Å²) in [4.78, 5) is 11.0. The summed E-state index contributed by atoms with van der Waals surface area (Å²) >= 11 is 5.77. The van der Waals surface area contributed by atoms with Crippen LogP contribution in [0.2, 0.25) is 5.02 Å². The van der Waals surface area contributed by atoms with Gasteiger partial charge < -0.3 is 9.67 Å². The van der Waals surface area contributed by atoms with Gasteiger partial charge in [-0.15, -0.1) is 0 Å². The summed E-state index contributed by atoms with van der Waals surface area (Å²) in [5.41, 5.74) is 0.00187. The summed E-state index contributed by atoms with van der Waals surface area (Å²) in [6.45, 7) is 0. The number of rotatable bonds is 4. The predicted molar refractivity (Wildman–Crippen MR) is 74.6 cm³/mol. The van der Waals surface area contributed by atoms with Crippen molar-refractivity contribution in [3.8, 4) is 0 Å². The molecule has 0 saturated carbocycles. The van der Waals surface area contributed by atoms with Gasteiger partial charge in [0.05, 0.1) is 11.3 Å². The minimum atomic E-state index is -3.77. The largest absolute Gasteiger partial charge is 0.478 e. The minimum absolute atomic E-state index is 0.0804. The van der Waals surface area contributed by atoms with Gasteiger partial charge in [-0.2, -0.15) is 0 Å². The Labute approximate surface area is 120 Å². The van der Waals surface area contributed by atoms with E-state index < -0.39 is 16.0 Å². The zero-order valence-electron chi connectivity index (χ0n) is 10.4. The first-order chi connectivity index (χ1) is 9.28. The molecule has 0 spiro atoms. The molecule has 106 valence electrons. The van der Waals surface area contributed by atoms with E-state index in [2.05, 4.69) is 4.72 Å². The van der Waals surface area contributed by atoms with Crippen LogP contribution in [0.1, 0.15) is 10.4 Å².